The van der Waals surface area contributed by atoms with E-state index >= 15 is 0 Å². The zero-order chi connectivity index (χ0) is 11.4. The van der Waals surface area contributed by atoms with Crippen LogP contribution in [0.4, 0.5) is 0 Å². The molecule has 0 saturated carbocycles. The van der Waals surface area contributed by atoms with Crippen LogP contribution in [-0.2, 0) is 0 Å². The largest absolute Gasteiger partial charge is 0.389 e. The summed E-state index contributed by atoms with van der Waals surface area (Å²) < 4.78 is 0. The van der Waals surface area contributed by atoms with E-state index in [2.05, 4.69) is 4.90 Å². The Labute approximate surface area is 87.7 Å². The van der Waals surface area contributed by atoms with Gasteiger partial charge in [0.1, 0.15) is 0 Å². The van der Waals surface area contributed by atoms with Gasteiger partial charge in [-0.2, -0.15) is 0 Å². The molecule has 0 aromatic heterocycles. The number of hydrogen-bond donors (Lipinski definition) is 2. The van der Waals surface area contributed by atoms with Gasteiger partial charge in [0.15, 0.2) is 0 Å². The van der Waals surface area contributed by atoms with E-state index in [1.165, 1.54) is 0 Å². The normalized spacial score (nSPS) is 17.1. The summed E-state index contributed by atoms with van der Waals surface area (Å²) in [5, 5.41) is 19.6. The van der Waals surface area contributed by atoms with Gasteiger partial charge in [0.05, 0.1) is 11.2 Å². The highest BCUT2D eigenvalue weighted by atomic mass is 16.3. The van der Waals surface area contributed by atoms with Crippen molar-refractivity contribution >= 4 is 0 Å². The Bertz CT molecular complexity index is 161. The molecule has 0 aliphatic carbocycles. The molecule has 2 N–H and O–H groups in total. The maximum Gasteiger partial charge on any atom is 0.0743 e. The first-order chi connectivity index (χ1) is 6.20. The summed E-state index contributed by atoms with van der Waals surface area (Å²) in [5.41, 5.74) is -1.35. The van der Waals surface area contributed by atoms with Crippen molar-refractivity contribution in [3.63, 3.8) is 0 Å². The van der Waals surface area contributed by atoms with Gasteiger partial charge in [0.25, 0.3) is 0 Å². The van der Waals surface area contributed by atoms with Crippen LogP contribution in [-0.4, -0.2) is 45.9 Å². The second-order valence-corrected chi connectivity index (χ2v) is 4.97. The fraction of sp³-hybridized carbons (Fsp3) is 1.00. The molecular weight excluding hydrogens is 178 g/mol. The van der Waals surface area contributed by atoms with Crippen molar-refractivity contribution in [1.29, 1.82) is 0 Å². The molecule has 14 heavy (non-hydrogen) atoms. The maximum atomic E-state index is 9.90. The summed E-state index contributed by atoms with van der Waals surface area (Å²) >= 11 is 0. The van der Waals surface area contributed by atoms with Crippen molar-refractivity contribution < 1.29 is 10.2 Å². The molecule has 86 valence electrons. The van der Waals surface area contributed by atoms with Crippen LogP contribution in [0, 0.1) is 0 Å². The van der Waals surface area contributed by atoms with Gasteiger partial charge in [0, 0.05) is 13.1 Å². The molecule has 0 heterocycles. The highest BCUT2D eigenvalue weighted by Gasteiger charge is 2.24. The van der Waals surface area contributed by atoms with Gasteiger partial charge < -0.3 is 10.2 Å². The van der Waals surface area contributed by atoms with Crippen LogP contribution in [0.15, 0.2) is 0 Å². The van der Waals surface area contributed by atoms with Crippen molar-refractivity contribution in [2.24, 2.45) is 0 Å². The lowest BCUT2D eigenvalue weighted by Gasteiger charge is -2.33. The zero-order valence-corrected chi connectivity index (χ0v) is 10.2. The second-order valence-electron chi connectivity index (χ2n) is 4.97. The lowest BCUT2D eigenvalue weighted by Crippen LogP contribution is -2.46. The first-order valence-corrected chi connectivity index (χ1v) is 5.37. The predicted molar refractivity (Wildman–Crippen MR) is 59.3 cm³/mol. The van der Waals surface area contributed by atoms with E-state index in [1.54, 1.807) is 13.8 Å². The molecule has 0 fully saturated rings. The van der Waals surface area contributed by atoms with Crippen molar-refractivity contribution in [3.8, 4) is 0 Å². The van der Waals surface area contributed by atoms with E-state index in [0.717, 1.165) is 13.0 Å². The SMILES string of the molecule is CCN(CC(C)(C)O)CC(C)(O)CC. The molecular formula is C11H25NO2. The number of rotatable bonds is 6. The molecule has 3 nitrogen and oxygen atoms in total. The highest BCUT2D eigenvalue weighted by Crippen LogP contribution is 2.13. The summed E-state index contributed by atoms with van der Waals surface area (Å²) in [6, 6.07) is 0. The fourth-order valence-electron chi connectivity index (χ4n) is 1.42. The van der Waals surface area contributed by atoms with Gasteiger partial charge in [-0.25, -0.2) is 0 Å². The fourth-order valence-corrected chi connectivity index (χ4v) is 1.42. The first-order valence-electron chi connectivity index (χ1n) is 5.37. The number of likely N-dealkylation sites (N-methyl/N-ethyl adjacent to an activating group) is 1. The van der Waals surface area contributed by atoms with Crippen molar-refractivity contribution in [3.05, 3.63) is 0 Å². The second kappa shape index (κ2) is 5.10. The Kier molecular flexibility index (Phi) is 5.06. The van der Waals surface area contributed by atoms with Crippen LogP contribution in [0.1, 0.15) is 41.0 Å². The molecule has 3 heteroatoms. The Hall–Kier alpha value is -0.120. The average Bonchev–Trinajstić information content (AvgIpc) is 2.00. The van der Waals surface area contributed by atoms with E-state index in [4.69, 9.17) is 0 Å². The maximum absolute atomic E-state index is 9.90. The molecule has 0 radical (unpaired) electrons. The van der Waals surface area contributed by atoms with E-state index < -0.39 is 11.2 Å². The first kappa shape index (κ1) is 13.9. The Balaban J connectivity index is 4.17. The summed E-state index contributed by atoms with van der Waals surface area (Å²) in [6.07, 6.45) is 0.732. The van der Waals surface area contributed by atoms with Gasteiger partial charge in [-0.3, -0.25) is 4.90 Å². The van der Waals surface area contributed by atoms with Gasteiger partial charge in [-0.15, -0.1) is 0 Å². The Morgan fingerprint density at radius 3 is 1.79 bits per heavy atom. The van der Waals surface area contributed by atoms with E-state index in [0.29, 0.717) is 13.1 Å². The molecule has 1 unspecified atom stereocenters. The predicted octanol–water partition coefficient (Wildman–Crippen LogP) is 1.24. The summed E-state index contributed by atoms with van der Waals surface area (Å²) in [5.74, 6) is 0. The van der Waals surface area contributed by atoms with Gasteiger partial charge in [-0.1, -0.05) is 13.8 Å². The van der Waals surface area contributed by atoms with E-state index in [9.17, 15) is 10.2 Å². The molecule has 0 aliphatic heterocycles. The van der Waals surface area contributed by atoms with Crippen LogP contribution in [0.3, 0.4) is 0 Å². The molecule has 0 saturated heterocycles. The summed E-state index contributed by atoms with van der Waals surface area (Å²) in [7, 11) is 0. The minimum absolute atomic E-state index is 0.597. The minimum atomic E-state index is -0.695. The molecule has 0 amide bonds. The van der Waals surface area contributed by atoms with E-state index in [1.807, 2.05) is 20.8 Å². The molecule has 0 spiro atoms. The quantitative estimate of drug-likeness (QED) is 0.682. The van der Waals surface area contributed by atoms with Crippen LogP contribution in [0.5, 0.6) is 0 Å². The van der Waals surface area contributed by atoms with E-state index in [-0.39, 0.29) is 0 Å². The monoisotopic (exact) mass is 203 g/mol. The van der Waals surface area contributed by atoms with Crippen LogP contribution >= 0.6 is 0 Å². The van der Waals surface area contributed by atoms with Crippen LogP contribution < -0.4 is 0 Å². The third-order valence-electron chi connectivity index (χ3n) is 2.38. The molecule has 1 atom stereocenters. The zero-order valence-electron chi connectivity index (χ0n) is 10.2. The van der Waals surface area contributed by atoms with Crippen molar-refractivity contribution in [2.45, 2.75) is 52.2 Å². The van der Waals surface area contributed by atoms with Gasteiger partial charge >= 0.3 is 0 Å². The Morgan fingerprint density at radius 2 is 1.50 bits per heavy atom. The van der Waals surface area contributed by atoms with Gasteiger partial charge in [0.2, 0.25) is 0 Å². The minimum Gasteiger partial charge on any atom is -0.389 e. The molecule has 0 bridgehead atoms. The molecule has 0 aromatic carbocycles. The number of aliphatic hydroxyl groups is 2. The molecule has 0 aromatic rings. The lowest BCUT2D eigenvalue weighted by atomic mass is 10.0. The van der Waals surface area contributed by atoms with Crippen LogP contribution in [0.2, 0.25) is 0 Å². The molecule has 0 rings (SSSR count). The third-order valence-corrected chi connectivity index (χ3v) is 2.38. The van der Waals surface area contributed by atoms with Crippen LogP contribution in [0.25, 0.3) is 0 Å². The van der Waals surface area contributed by atoms with Gasteiger partial charge in [-0.05, 0) is 33.7 Å². The summed E-state index contributed by atoms with van der Waals surface area (Å²) in [6.45, 7) is 11.5. The van der Waals surface area contributed by atoms with Crippen molar-refractivity contribution in [2.75, 3.05) is 19.6 Å². The summed E-state index contributed by atoms with van der Waals surface area (Å²) in [4.78, 5) is 2.07. The van der Waals surface area contributed by atoms with Crippen molar-refractivity contribution in [1.82, 2.24) is 4.90 Å². The molecule has 0 aliphatic rings. The smallest absolute Gasteiger partial charge is 0.0743 e. The average molecular weight is 203 g/mol. The highest BCUT2D eigenvalue weighted by molar-refractivity contribution is 4.79. The Morgan fingerprint density at radius 1 is 1.00 bits per heavy atom. The number of nitrogens with zero attached hydrogens (tertiary/aromatic N) is 1. The number of hydrogen-bond acceptors (Lipinski definition) is 3. The third kappa shape index (κ3) is 6.35. The standard InChI is InChI=1S/C11H25NO2/c1-6-11(5,14)9-12(7-2)8-10(3,4)13/h13-14H,6-9H2,1-5H3. The lowest BCUT2D eigenvalue weighted by molar-refractivity contribution is -0.0159. The topological polar surface area (TPSA) is 43.7 Å².